The second kappa shape index (κ2) is 11.6. The summed E-state index contributed by atoms with van der Waals surface area (Å²) in [7, 11) is 0. The van der Waals surface area contributed by atoms with E-state index in [-0.39, 0.29) is 0 Å². The molecule has 1 N–H and O–H groups in total. The average molecular weight is 478 g/mol. The average Bonchev–Trinajstić information content (AvgIpc) is 3.29. The number of carboxylic acid groups (broad SMARTS) is 1. The quantitative estimate of drug-likeness (QED) is 0.258. The van der Waals surface area contributed by atoms with Crippen LogP contribution in [0.1, 0.15) is 18.9 Å². The molecule has 6 nitrogen and oxygen atoms in total. The van der Waals surface area contributed by atoms with Gasteiger partial charge in [0.05, 0.1) is 23.4 Å². The van der Waals surface area contributed by atoms with Crippen molar-refractivity contribution in [3.05, 3.63) is 78.4 Å². The summed E-state index contributed by atoms with van der Waals surface area (Å²) in [5.74, 6) is 0.609. The van der Waals surface area contributed by atoms with Crippen molar-refractivity contribution < 1.29 is 24.1 Å². The molecular formula is C27H27NO5S. The third-order valence-electron chi connectivity index (χ3n) is 5.21. The number of rotatable bonds is 12. The van der Waals surface area contributed by atoms with Gasteiger partial charge in [-0.3, -0.25) is 0 Å². The lowest BCUT2D eigenvalue weighted by Crippen LogP contribution is -2.26. The first kappa shape index (κ1) is 23.7. The predicted molar refractivity (Wildman–Crippen MR) is 134 cm³/mol. The van der Waals surface area contributed by atoms with Gasteiger partial charge in [0, 0.05) is 25.0 Å². The summed E-state index contributed by atoms with van der Waals surface area (Å²) in [5.41, 5.74) is 2.99. The maximum absolute atomic E-state index is 11.2. The largest absolute Gasteiger partial charge is 0.493 e. The topological polar surface area (TPSA) is 77.9 Å². The molecule has 0 aliphatic carbocycles. The van der Waals surface area contributed by atoms with Crippen LogP contribution in [-0.2, 0) is 16.0 Å². The molecule has 1 atom stereocenters. The van der Waals surface area contributed by atoms with Crippen LogP contribution < -0.4 is 9.47 Å². The summed E-state index contributed by atoms with van der Waals surface area (Å²) in [6.45, 7) is 3.23. The summed E-state index contributed by atoms with van der Waals surface area (Å²) < 4.78 is 18.0. The number of aromatic nitrogens is 1. The molecule has 176 valence electrons. The molecule has 0 bridgehead atoms. The van der Waals surface area contributed by atoms with E-state index < -0.39 is 12.1 Å². The molecule has 0 amide bonds. The van der Waals surface area contributed by atoms with Crippen LogP contribution in [0.15, 0.2) is 72.8 Å². The highest BCUT2D eigenvalue weighted by Crippen LogP contribution is 2.30. The molecule has 0 fully saturated rings. The molecule has 0 aliphatic heterocycles. The number of benzene rings is 3. The van der Waals surface area contributed by atoms with Crippen LogP contribution >= 0.6 is 11.3 Å². The number of thiazole rings is 1. The van der Waals surface area contributed by atoms with Crippen molar-refractivity contribution in [2.75, 3.05) is 19.8 Å². The summed E-state index contributed by atoms with van der Waals surface area (Å²) >= 11 is 1.68. The van der Waals surface area contributed by atoms with Gasteiger partial charge in [0.25, 0.3) is 0 Å². The van der Waals surface area contributed by atoms with Crippen molar-refractivity contribution in [2.24, 2.45) is 0 Å². The van der Waals surface area contributed by atoms with E-state index in [0.29, 0.717) is 26.2 Å². The normalized spacial score (nSPS) is 11.9. The van der Waals surface area contributed by atoms with Gasteiger partial charge in [0.2, 0.25) is 0 Å². The number of hydrogen-bond donors (Lipinski definition) is 1. The Morgan fingerprint density at radius 1 is 0.941 bits per heavy atom. The number of carboxylic acids is 1. The van der Waals surface area contributed by atoms with E-state index in [1.54, 1.807) is 18.3 Å². The highest BCUT2D eigenvalue weighted by molar-refractivity contribution is 7.21. The smallest absolute Gasteiger partial charge is 0.333 e. The van der Waals surface area contributed by atoms with E-state index >= 15 is 0 Å². The predicted octanol–water partition coefficient (Wildman–Crippen LogP) is 5.84. The molecule has 0 unspecified atom stereocenters. The maximum Gasteiger partial charge on any atom is 0.333 e. The summed E-state index contributed by atoms with van der Waals surface area (Å²) in [6.07, 6.45) is 0.242. The Morgan fingerprint density at radius 2 is 1.59 bits per heavy atom. The highest BCUT2D eigenvalue weighted by Gasteiger charge is 2.17. The van der Waals surface area contributed by atoms with Crippen LogP contribution in [-0.4, -0.2) is 42.0 Å². The fourth-order valence-electron chi connectivity index (χ4n) is 3.48. The van der Waals surface area contributed by atoms with Crippen LogP contribution in [0.2, 0.25) is 0 Å². The van der Waals surface area contributed by atoms with Gasteiger partial charge in [-0.2, -0.15) is 0 Å². The van der Waals surface area contributed by atoms with Crippen molar-refractivity contribution in [1.82, 2.24) is 4.98 Å². The Hall–Kier alpha value is -3.42. The molecule has 0 saturated carbocycles. The van der Waals surface area contributed by atoms with Gasteiger partial charge in [0.1, 0.15) is 16.5 Å². The fraction of sp³-hybridized carbons (Fsp3) is 0.259. The lowest BCUT2D eigenvalue weighted by Gasteiger charge is -2.13. The van der Waals surface area contributed by atoms with E-state index in [0.717, 1.165) is 39.6 Å². The van der Waals surface area contributed by atoms with Gasteiger partial charge >= 0.3 is 5.97 Å². The van der Waals surface area contributed by atoms with Crippen molar-refractivity contribution in [3.8, 4) is 22.1 Å². The Bertz CT molecular complexity index is 1170. The number of aliphatic carboxylic acids is 1. The number of fused-ring (bicyclic) bond motifs is 1. The van der Waals surface area contributed by atoms with E-state index in [1.165, 1.54) is 4.70 Å². The van der Waals surface area contributed by atoms with Crippen molar-refractivity contribution >= 4 is 27.5 Å². The Labute approximate surface area is 202 Å². The first-order valence-electron chi connectivity index (χ1n) is 11.3. The molecule has 34 heavy (non-hydrogen) atoms. The number of ether oxygens (including phenoxy) is 3. The molecule has 7 heteroatoms. The van der Waals surface area contributed by atoms with Gasteiger partial charge in [-0.1, -0.05) is 24.3 Å². The van der Waals surface area contributed by atoms with Gasteiger partial charge in [-0.15, -0.1) is 11.3 Å². The molecule has 4 aromatic rings. The highest BCUT2D eigenvalue weighted by atomic mass is 32.1. The van der Waals surface area contributed by atoms with Crippen LogP contribution in [0.4, 0.5) is 0 Å². The van der Waals surface area contributed by atoms with Crippen LogP contribution in [0, 0.1) is 0 Å². The zero-order valence-electron chi connectivity index (χ0n) is 19.0. The van der Waals surface area contributed by atoms with Crippen molar-refractivity contribution in [2.45, 2.75) is 25.9 Å². The fourth-order valence-corrected chi connectivity index (χ4v) is 4.45. The number of carbonyl (C=O) groups is 1. The zero-order chi connectivity index (χ0) is 23.8. The second-order valence-corrected chi connectivity index (χ2v) is 8.72. The Morgan fingerprint density at radius 3 is 2.21 bits per heavy atom. The lowest BCUT2D eigenvalue weighted by atomic mass is 10.1. The minimum Gasteiger partial charge on any atom is -0.493 e. The van der Waals surface area contributed by atoms with E-state index in [2.05, 4.69) is 6.07 Å². The van der Waals surface area contributed by atoms with Gasteiger partial charge in [-0.25, -0.2) is 9.78 Å². The molecule has 1 heterocycles. The third kappa shape index (κ3) is 6.34. The maximum atomic E-state index is 11.2. The van der Waals surface area contributed by atoms with Gasteiger partial charge in [-0.05, 0) is 61.0 Å². The van der Waals surface area contributed by atoms with Gasteiger partial charge in [0.15, 0.2) is 6.10 Å². The number of para-hydroxylation sites is 1. The van der Waals surface area contributed by atoms with E-state index in [1.807, 2.05) is 66.7 Å². The van der Waals surface area contributed by atoms with Gasteiger partial charge < -0.3 is 19.3 Å². The minimum atomic E-state index is -0.950. The minimum absolute atomic E-state index is 0.328. The van der Waals surface area contributed by atoms with Crippen LogP contribution in [0.5, 0.6) is 11.5 Å². The summed E-state index contributed by atoms with van der Waals surface area (Å²) in [6, 6.07) is 23.6. The Kier molecular flexibility index (Phi) is 8.12. The van der Waals surface area contributed by atoms with Crippen LogP contribution in [0.3, 0.4) is 0 Å². The standard InChI is InChI=1S/C27H27NO5S/c1-2-31-24(27(29)30)18-19-8-12-21(13-9-19)32-16-5-17-33-22-14-10-20(11-15-22)26-28-23-6-3-4-7-25(23)34-26/h3-4,6-15,24H,2,5,16-18H2,1H3,(H,29,30)/t24-/m0/s1. The van der Waals surface area contributed by atoms with Crippen molar-refractivity contribution in [1.29, 1.82) is 0 Å². The zero-order valence-corrected chi connectivity index (χ0v) is 19.8. The number of hydrogen-bond acceptors (Lipinski definition) is 6. The molecule has 0 spiro atoms. The molecule has 0 saturated heterocycles. The molecule has 3 aromatic carbocycles. The first-order chi connectivity index (χ1) is 16.6. The third-order valence-corrected chi connectivity index (χ3v) is 6.29. The lowest BCUT2D eigenvalue weighted by molar-refractivity contribution is -0.149. The molecule has 4 rings (SSSR count). The first-order valence-corrected chi connectivity index (χ1v) is 12.1. The monoisotopic (exact) mass is 477 g/mol. The molecular weight excluding hydrogens is 450 g/mol. The van der Waals surface area contributed by atoms with Crippen molar-refractivity contribution in [3.63, 3.8) is 0 Å². The van der Waals surface area contributed by atoms with E-state index in [9.17, 15) is 9.90 Å². The SMILES string of the molecule is CCO[C@@H](Cc1ccc(OCCCOc2ccc(-c3nc4ccccc4s3)cc2)cc1)C(=O)O. The van der Waals surface area contributed by atoms with Crippen LogP contribution in [0.25, 0.3) is 20.8 Å². The molecule has 1 aromatic heterocycles. The van der Waals surface area contributed by atoms with E-state index in [4.69, 9.17) is 19.2 Å². The molecule has 0 aliphatic rings. The summed E-state index contributed by atoms with van der Waals surface area (Å²) in [5, 5.41) is 10.2. The second-order valence-electron chi connectivity index (χ2n) is 7.69. The Balaban J connectivity index is 1.19. The molecule has 0 radical (unpaired) electrons. The number of nitrogens with zero attached hydrogens (tertiary/aromatic N) is 1. The summed E-state index contributed by atoms with van der Waals surface area (Å²) in [4.78, 5) is 15.9.